The molecule has 0 unspecified atom stereocenters. The van der Waals surface area contributed by atoms with Gasteiger partial charge in [-0.1, -0.05) is 35.5 Å². The van der Waals surface area contributed by atoms with Crippen molar-refractivity contribution >= 4 is 23.4 Å². The number of aromatic amines is 2. The van der Waals surface area contributed by atoms with E-state index >= 15 is 0 Å². The first kappa shape index (κ1) is 17.0. The number of benzene rings is 1. The van der Waals surface area contributed by atoms with Gasteiger partial charge in [0, 0.05) is 28.1 Å². The van der Waals surface area contributed by atoms with Crippen LogP contribution in [0.4, 0.5) is 0 Å². The van der Waals surface area contributed by atoms with Gasteiger partial charge < -0.3 is 4.98 Å². The number of nitriles is 1. The van der Waals surface area contributed by atoms with Crippen molar-refractivity contribution in [3.63, 3.8) is 0 Å². The zero-order valence-corrected chi connectivity index (χ0v) is 14.3. The van der Waals surface area contributed by atoms with Gasteiger partial charge in [0.15, 0.2) is 0 Å². The first-order valence-electron chi connectivity index (χ1n) is 7.17. The highest BCUT2D eigenvalue weighted by Gasteiger charge is 2.09. The van der Waals surface area contributed by atoms with E-state index < -0.39 is 11.2 Å². The molecule has 0 amide bonds. The lowest BCUT2D eigenvalue weighted by molar-refractivity contribution is 0.984. The van der Waals surface area contributed by atoms with E-state index in [0.29, 0.717) is 32.8 Å². The van der Waals surface area contributed by atoms with Gasteiger partial charge in [-0.15, -0.1) is 0 Å². The predicted octanol–water partition coefficient (Wildman–Crippen LogP) is 2.94. The molecule has 124 valence electrons. The maximum absolute atomic E-state index is 11.3. The Labute approximate surface area is 151 Å². The number of hydrogen-bond donors (Lipinski definition) is 2. The number of nitrogens with one attached hydrogen (secondary N) is 2. The molecule has 0 aliphatic rings. The molecule has 8 heteroatoms. The topological polar surface area (TPSA) is 102 Å². The van der Waals surface area contributed by atoms with Gasteiger partial charge >= 0.3 is 5.69 Å². The number of nitrogens with zero attached hydrogens (tertiary/aromatic N) is 2. The Morgan fingerprint density at radius 1 is 1.12 bits per heavy atom. The molecule has 25 heavy (non-hydrogen) atoms. The monoisotopic (exact) mass is 370 g/mol. The Bertz CT molecular complexity index is 1040. The van der Waals surface area contributed by atoms with Gasteiger partial charge in [0.05, 0.1) is 11.3 Å². The van der Waals surface area contributed by atoms with Crippen LogP contribution in [-0.4, -0.2) is 15.0 Å². The molecule has 2 N–H and O–H groups in total. The summed E-state index contributed by atoms with van der Waals surface area (Å²) in [4.78, 5) is 31.8. The van der Waals surface area contributed by atoms with Crippen LogP contribution in [0.3, 0.4) is 0 Å². The maximum Gasteiger partial charge on any atom is 0.325 e. The first-order chi connectivity index (χ1) is 12.0. The summed E-state index contributed by atoms with van der Waals surface area (Å²) in [6.07, 6.45) is 0. The van der Waals surface area contributed by atoms with Crippen LogP contribution in [0.2, 0.25) is 5.02 Å². The Kier molecular flexibility index (Phi) is 5.03. The van der Waals surface area contributed by atoms with Crippen LogP contribution in [0.1, 0.15) is 11.3 Å². The van der Waals surface area contributed by atoms with Crippen LogP contribution in [0.25, 0.3) is 11.3 Å². The zero-order valence-electron chi connectivity index (χ0n) is 12.7. The number of rotatable bonds is 4. The highest BCUT2D eigenvalue weighted by atomic mass is 35.5. The highest BCUT2D eigenvalue weighted by Crippen LogP contribution is 2.27. The van der Waals surface area contributed by atoms with Gasteiger partial charge in [-0.25, -0.2) is 9.78 Å². The van der Waals surface area contributed by atoms with Crippen LogP contribution in [-0.2, 0) is 5.75 Å². The van der Waals surface area contributed by atoms with E-state index in [4.69, 9.17) is 11.6 Å². The normalized spacial score (nSPS) is 10.4. The third-order valence-electron chi connectivity index (χ3n) is 3.30. The van der Waals surface area contributed by atoms with E-state index in [0.717, 1.165) is 5.56 Å². The Morgan fingerprint density at radius 3 is 2.56 bits per heavy atom. The quantitative estimate of drug-likeness (QED) is 0.687. The maximum atomic E-state index is 11.3. The minimum absolute atomic E-state index is 0.310. The highest BCUT2D eigenvalue weighted by molar-refractivity contribution is 7.98. The molecule has 6 nitrogen and oxygen atoms in total. The third-order valence-corrected chi connectivity index (χ3v) is 4.59. The van der Waals surface area contributed by atoms with Gasteiger partial charge in [0.1, 0.15) is 11.1 Å². The second kappa shape index (κ2) is 7.38. The summed E-state index contributed by atoms with van der Waals surface area (Å²) in [5.41, 5.74) is 1.43. The molecule has 3 aromatic rings. The molecule has 2 aromatic heterocycles. The van der Waals surface area contributed by atoms with Gasteiger partial charge in [-0.2, -0.15) is 5.26 Å². The second-order valence-electron chi connectivity index (χ2n) is 5.07. The fraction of sp³-hybridized carbons (Fsp3) is 0.0588. The van der Waals surface area contributed by atoms with Crippen LogP contribution in [0, 0.1) is 11.3 Å². The van der Waals surface area contributed by atoms with Crippen molar-refractivity contribution in [2.24, 2.45) is 0 Å². The molecule has 0 radical (unpaired) electrons. The summed E-state index contributed by atoms with van der Waals surface area (Å²) in [6, 6.07) is 14.1. The standard InChI is InChI=1S/C17H11ClN4O2S/c18-12-4-1-10(2-5-12)14-6-3-11(8-19)16(21-14)25-9-13-7-15(23)22-17(24)20-13/h1-7H,9H2,(H2,20,22,23,24). The number of thioether (sulfide) groups is 1. The molecular formula is C17H11ClN4O2S. The van der Waals surface area contributed by atoms with Gasteiger partial charge in [-0.05, 0) is 24.3 Å². The summed E-state index contributed by atoms with van der Waals surface area (Å²) >= 11 is 7.17. The lowest BCUT2D eigenvalue weighted by Crippen LogP contribution is -2.22. The molecule has 0 saturated carbocycles. The van der Waals surface area contributed by atoms with Crippen LogP contribution in [0.15, 0.2) is 57.1 Å². The van der Waals surface area contributed by atoms with E-state index in [1.54, 1.807) is 24.3 Å². The molecule has 1 aromatic carbocycles. The fourth-order valence-electron chi connectivity index (χ4n) is 2.16. The average molecular weight is 371 g/mol. The zero-order chi connectivity index (χ0) is 17.8. The Hall–Kier alpha value is -2.82. The summed E-state index contributed by atoms with van der Waals surface area (Å²) < 4.78 is 0. The number of H-pyrrole nitrogens is 2. The van der Waals surface area contributed by atoms with Crippen LogP contribution in [0.5, 0.6) is 0 Å². The third kappa shape index (κ3) is 4.18. The lowest BCUT2D eigenvalue weighted by Gasteiger charge is -2.07. The molecule has 2 heterocycles. The van der Waals surface area contributed by atoms with Crippen molar-refractivity contribution in [1.82, 2.24) is 15.0 Å². The average Bonchev–Trinajstić information content (AvgIpc) is 2.59. The van der Waals surface area contributed by atoms with Crippen molar-refractivity contribution in [3.8, 4) is 17.3 Å². The van der Waals surface area contributed by atoms with Gasteiger partial charge in [0.25, 0.3) is 5.56 Å². The van der Waals surface area contributed by atoms with Crippen molar-refractivity contribution in [1.29, 1.82) is 5.26 Å². The lowest BCUT2D eigenvalue weighted by atomic mass is 10.1. The molecular weight excluding hydrogens is 360 g/mol. The summed E-state index contributed by atoms with van der Waals surface area (Å²) in [5.74, 6) is 0.310. The molecule has 0 spiro atoms. The molecule has 0 saturated heterocycles. The Morgan fingerprint density at radius 2 is 1.88 bits per heavy atom. The van der Waals surface area contributed by atoms with E-state index in [9.17, 15) is 14.9 Å². The first-order valence-corrected chi connectivity index (χ1v) is 8.54. The minimum Gasteiger partial charge on any atom is -0.310 e. The van der Waals surface area contributed by atoms with Gasteiger partial charge in [0.2, 0.25) is 0 Å². The molecule has 0 bridgehead atoms. The van der Waals surface area contributed by atoms with Crippen LogP contribution < -0.4 is 11.2 Å². The summed E-state index contributed by atoms with van der Waals surface area (Å²) in [5, 5.41) is 10.4. The fourth-order valence-corrected chi connectivity index (χ4v) is 3.17. The number of aromatic nitrogens is 3. The van der Waals surface area contributed by atoms with E-state index in [1.165, 1.54) is 17.8 Å². The molecule has 0 atom stereocenters. The van der Waals surface area contributed by atoms with E-state index in [-0.39, 0.29) is 0 Å². The molecule has 0 aliphatic heterocycles. The van der Waals surface area contributed by atoms with Crippen molar-refractivity contribution < 1.29 is 0 Å². The van der Waals surface area contributed by atoms with Crippen molar-refractivity contribution in [2.75, 3.05) is 0 Å². The largest absolute Gasteiger partial charge is 0.325 e. The van der Waals surface area contributed by atoms with E-state index in [1.807, 2.05) is 12.1 Å². The minimum atomic E-state index is -0.563. The molecule has 0 aliphatic carbocycles. The van der Waals surface area contributed by atoms with E-state index in [2.05, 4.69) is 21.0 Å². The smallest absolute Gasteiger partial charge is 0.310 e. The SMILES string of the molecule is N#Cc1ccc(-c2ccc(Cl)cc2)nc1SCc1cc(=O)[nH]c(=O)[nH]1. The predicted molar refractivity (Wildman–Crippen MR) is 96.6 cm³/mol. The summed E-state index contributed by atoms with van der Waals surface area (Å²) in [7, 11) is 0. The molecule has 0 fully saturated rings. The van der Waals surface area contributed by atoms with Crippen LogP contribution >= 0.6 is 23.4 Å². The number of halogens is 1. The van der Waals surface area contributed by atoms with Gasteiger partial charge in [-0.3, -0.25) is 9.78 Å². The Balaban J connectivity index is 1.90. The number of pyridine rings is 1. The second-order valence-corrected chi connectivity index (χ2v) is 6.47. The molecule has 3 rings (SSSR count). The number of hydrogen-bond acceptors (Lipinski definition) is 5. The summed E-state index contributed by atoms with van der Waals surface area (Å²) in [6.45, 7) is 0. The van der Waals surface area contributed by atoms with Crippen molar-refractivity contribution in [3.05, 3.63) is 79.6 Å². The van der Waals surface area contributed by atoms with Crippen molar-refractivity contribution in [2.45, 2.75) is 10.8 Å².